The number of sulfonamides is 1. The Kier molecular flexibility index (Phi) is 4.56. The highest BCUT2D eigenvalue weighted by atomic mass is 35.5. The summed E-state index contributed by atoms with van der Waals surface area (Å²) in [6, 6.07) is 8.38. The van der Waals surface area contributed by atoms with Crippen LogP contribution in [0.1, 0.15) is 28.4 Å². The van der Waals surface area contributed by atoms with E-state index in [-0.39, 0.29) is 26.8 Å². The van der Waals surface area contributed by atoms with Crippen molar-refractivity contribution in [3.05, 3.63) is 58.1 Å². The SMILES string of the molecule is CC(=N)c1ccc(C(=O)c2ccc(Cl)c(S(N)(=O)=O)c2)cc1N. The maximum atomic E-state index is 12.5. The van der Waals surface area contributed by atoms with Crippen LogP contribution in [0.3, 0.4) is 0 Å². The smallest absolute Gasteiger partial charge is 0.239 e. The number of ketones is 1. The Morgan fingerprint density at radius 3 is 2.22 bits per heavy atom. The van der Waals surface area contributed by atoms with Gasteiger partial charge in [0.15, 0.2) is 5.78 Å². The van der Waals surface area contributed by atoms with Crippen molar-refractivity contribution in [3.63, 3.8) is 0 Å². The monoisotopic (exact) mass is 351 g/mol. The zero-order valence-corrected chi connectivity index (χ0v) is 13.7. The summed E-state index contributed by atoms with van der Waals surface area (Å²) in [5.74, 6) is -0.424. The van der Waals surface area contributed by atoms with E-state index in [9.17, 15) is 13.2 Å². The van der Waals surface area contributed by atoms with Crippen LogP contribution in [0.4, 0.5) is 5.69 Å². The molecule has 0 aromatic heterocycles. The summed E-state index contributed by atoms with van der Waals surface area (Å²) in [5.41, 5.74) is 7.33. The van der Waals surface area contributed by atoms with Crippen molar-refractivity contribution in [2.24, 2.45) is 5.14 Å². The van der Waals surface area contributed by atoms with Crippen molar-refractivity contribution >= 4 is 38.8 Å². The van der Waals surface area contributed by atoms with Crippen molar-refractivity contribution < 1.29 is 13.2 Å². The third kappa shape index (κ3) is 3.58. The zero-order valence-electron chi connectivity index (χ0n) is 12.1. The molecule has 2 aromatic carbocycles. The molecular weight excluding hydrogens is 338 g/mol. The van der Waals surface area contributed by atoms with Gasteiger partial charge in [0.1, 0.15) is 4.90 Å². The molecule has 0 radical (unpaired) electrons. The third-order valence-electron chi connectivity index (χ3n) is 3.22. The molecule has 6 nitrogen and oxygen atoms in total. The van der Waals surface area contributed by atoms with E-state index in [1.54, 1.807) is 13.0 Å². The Balaban J connectivity index is 2.50. The van der Waals surface area contributed by atoms with Gasteiger partial charge in [-0.25, -0.2) is 13.6 Å². The van der Waals surface area contributed by atoms with Crippen LogP contribution in [0, 0.1) is 5.41 Å². The molecule has 0 aliphatic rings. The average Bonchev–Trinajstić information content (AvgIpc) is 2.45. The van der Waals surface area contributed by atoms with Crippen molar-refractivity contribution in [2.75, 3.05) is 5.73 Å². The van der Waals surface area contributed by atoms with Crippen LogP contribution in [-0.4, -0.2) is 19.9 Å². The lowest BCUT2D eigenvalue weighted by Crippen LogP contribution is -2.14. The molecule has 2 aromatic rings. The number of halogens is 1. The summed E-state index contributed by atoms with van der Waals surface area (Å²) in [5, 5.41) is 12.6. The predicted octanol–water partition coefficient (Wildman–Crippen LogP) is 2.19. The molecule has 8 heteroatoms. The minimum Gasteiger partial charge on any atom is -0.398 e. The number of primary sulfonamides is 1. The average molecular weight is 352 g/mol. The molecule has 2 rings (SSSR count). The Morgan fingerprint density at radius 2 is 1.70 bits per heavy atom. The number of hydrogen-bond acceptors (Lipinski definition) is 5. The molecule has 0 spiro atoms. The quantitative estimate of drug-likeness (QED) is 0.443. The number of rotatable bonds is 4. The van der Waals surface area contributed by atoms with Crippen molar-refractivity contribution in [1.29, 1.82) is 5.41 Å². The Labute approximate surface area is 138 Å². The first-order chi connectivity index (χ1) is 10.6. The fourth-order valence-corrected chi connectivity index (χ4v) is 3.15. The number of benzene rings is 2. The lowest BCUT2D eigenvalue weighted by molar-refractivity contribution is 0.103. The van der Waals surface area contributed by atoms with E-state index in [0.717, 1.165) is 6.07 Å². The molecule has 0 saturated carbocycles. The van der Waals surface area contributed by atoms with Gasteiger partial charge in [0.25, 0.3) is 0 Å². The number of nitrogens with one attached hydrogen (secondary N) is 1. The van der Waals surface area contributed by atoms with E-state index in [1.165, 1.54) is 24.3 Å². The Morgan fingerprint density at radius 1 is 1.13 bits per heavy atom. The molecule has 0 saturated heterocycles. The molecule has 0 aliphatic heterocycles. The number of nitrogen functional groups attached to an aromatic ring is 1. The van der Waals surface area contributed by atoms with Crippen LogP contribution in [0.15, 0.2) is 41.3 Å². The van der Waals surface area contributed by atoms with E-state index < -0.39 is 15.8 Å². The van der Waals surface area contributed by atoms with E-state index >= 15 is 0 Å². The van der Waals surface area contributed by atoms with Crippen LogP contribution in [-0.2, 0) is 10.0 Å². The van der Waals surface area contributed by atoms with Gasteiger partial charge in [-0.3, -0.25) is 4.79 Å². The number of carbonyl (C=O) groups is 1. The van der Waals surface area contributed by atoms with Gasteiger partial charge in [-0.05, 0) is 31.2 Å². The van der Waals surface area contributed by atoms with Gasteiger partial charge in [0.05, 0.1) is 5.02 Å². The fourth-order valence-electron chi connectivity index (χ4n) is 2.07. The largest absolute Gasteiger partial charge is 0.398 e. The molecule has 0 amide bonds. The molecule has 0 fully saturated rings. The lowest BCUT2D eigenvalue weighted by Gasteiger charge is -2.08. The molecule has 0 heterocycles. The van der Waals surface area contributed by atoms with Gasteiger partial charge in [-0.1, -0.05) is 23.7 Å². The zero-order chi connectivity index (χ0) is 17.4. The number of carbonyl (C=O) groups excluding carboxylic acids is 1. The first-order valence-corrected chi connectivity index (χ1v) is 8.36. The van der Waals surface area contributed by atoms with Gasteiger partial charge in [0, 0.05) is 28.1 Å². The van der Waals surface area contributed by atoms with Gasteiger partial charge in [0.2, 0.25) is 10.0 Å². The lowest BCUT2D eigenvalue weighted by atomic mass is 9.99. The first-order valence-electron chi connectivity index (χ1n) is 6.43. The highest BCUT2D eigenvalue weighted by Crippen LogP contribution is 2.24. The second-order valence-electron chi connectivity index (χ2n) is 4.95. The molecule has 5 N–H and O–H groups in total. The standard InChI is InChI=1S/C15H14ClN3O3S/c1-8(17)11-4-2-9(6-13(11)18)15(20)10-3-5-12(16)14(7-10)23(19,21)22/h2-7,17H,18H2,1H3,(H2,19,21,22). The maximum Gasteiger partial charge on any atom is 0.239 e. The summed E-state index contributed by atoms with van der Waals surface area (Å²) >= 11 is 5.80. The summed E-state index contributed by atoms with van der Waals surface area (Å²) in [7, 11) is -4.03. The molecule has 0 atom stereocenters. The third-order valence-corrected chi connectivity index (χ3v) is 4.61. The van der Waals surface area contributed by atoms with Gasteiger partial charge in [-0.15, -0.1) is 0 Å². The van der Waals surface area contributed by atoms with Crippen LogP contribution in [0.2, 0.25) is 5.02 Å². The summed E-state index contributed by atoms with van der Waals surface area (Å²) in [4.78, 5) is 12.2. The van der Waals surface area contributed by atoms with Crippen LogP contribution in [0.25, 0.3) is 0 Å². The van der Waals surface area contributed by atoms with Crippen LogP contribution in [0.5, 0.6) is 0 Å². The minimum absolute atomic E-state index is 0.0571. The topological polar surface area (TPSA) is 127 Å². The number of anilines is 1. The molecule has 0 unspecified atom stereocenters. The first kappa shape index (κ1) is 17.1. The minimum atomic E-state index is -4.03. The normalized spacial score (nSPS) is 11.3. The van der Waals surface area contributed by atoms with E-state index in [2.05, 4.69) is 0 Å². The highest BCUT2D eigenvalue weighted by Gasteiger charge is 2.18. The Hall–Kier alpha value is -2.22. The molecule has 0 aliphatic carbocycles. The van der Waals surface area contributed by atoms with Gasteiger partial charge >= 0.3 is 0 Å². The van der Waals surface area contributed by atoms with Crippen LogP contribution >= 0.6 is 11.6 Å². The molecule has 120 valence electrons. The fraction of sp³-hybridized carbons (Fsp3) is 0.0667. The van der Waals surface area contributed by atoms with Gasteiger partial charge < -0.3 is 11.1 Å². The van der Waals surface area contributed by atoms with Crippen molar-refractivity contribution in [3.8, 4) is 0 Å². The van der Waals surface area contributed by atoms with E-state index in [1.807, 2.05) is 0 Å². The molecule has 23 heavy (non-hydrogen) atoms. The number of nitrogens with two attached hydrogens (primary N) is 2. The van der Waals surface area contributed by atoms with Gasteiger partial charge in [-0.2, -0.15) is 0 Å². The summed E-state index contributed by atoms with van der Waals surface area (Å²) in [6.07, 6.45) is 0. The van der Waals surface area contributed by atoms with E-state index in [4.69, 9.17) is 27.9 Å². The molecule has 0 bridgehead atoms. The van der Waals surface area contributed by atoms with Crippen molar-refractivity contribution in [2.45, 2.75) is 11.8 Å². The van der Waals surface area contributed by atoms with Crippen LogP contribution < -0.4 is 10.9 Å². The maximum absolute atomic E-state index is 12.5. The predicted molar refractivity (Wildman–Crippen MR) is 89.6 cm³/mol. The second kappa shape index (κ2) is 6.11. The van der Waals surface area contributed by atoms with Crippen molar-refractivity contribution in [1.82, 2.24) is 0 Å². The van der Waals surface area contributed by atoms with E-state index in [0.29, 0.717) is 11.3 Å². The summed E-state index contributed by atoms with van der Waals surface area (Å²) in [6.45, 7) is 1.59. The molecular formula is C15H14ClN3O3S. The highest BCUT2D eigenvalue weighted by molar-refractivity contribution is 7.89. The number of hydrogen-bond donors (Lipinski definition) is 3. The summed E-state index contributed by atoms with van der Waals surface area (Å²) < 4.78 is 23.0. The Bertz CT molecular complexity index is 924. The second-order valence-corrected chi connectivity index (χ2v) is 6.88.